The van der Waals surface area contributed by atoms with Gasteiger partial charge in [-0.15, -0.1) is 0 Å². The zero-order valence-electron chi connectivity index (χ0n) is 13.9. The van der Waals surface area contributed by atoms with Gasteiger partial charge in [0.2, 0.25) is 0 Å². The van der Waals surface area contributed by atoms with Crippen LogP contribution in [-0.2, 0) is 0 Å². The van der Waals surface area contributed by atoms with Crippen molar-refractivity contribution < 1.29 is 4.79 Å². The maximum Gasteiger partial charge on any atom is 0.159 e. The molecule has 3 aromatic rings. The number of nitrogens with one attached hydrogen (secondary N) is 2. The molecule has 0 bridgehead atoms. The van der Waals surface area contributed by atoms with Crippen molar-refractivity contribution in [3.8, 4) is 0 Å². The number of aromatic nitrogens is 2. The number of aryl methyl sites for hydroxylation is 1. The molecule has 0 aliphatic heterocycles. The molecule has 0 atom stereocenters. The van der Waals surface area contributed by atoms with Crippen molar-refractivity contribution in [3.05, 3.63) is 70.5 Å². The molecular weight excluding hydrogens is 380 g/mol. The van der Waals surface area contributed by atoms with E-state index in [1.54, 1.807) is 19.1 Å². The Morgan fingerprint density at radius 1 is 0.920 bits per heavy atom. The molecule has 0 saturated carbocycles. The Kier molecular flexibility index (Phi) is 5.09. The largest absolute Gasteiger partial charge is 0.340 e. The third-order valence-corrected chi connectivity index (χ3v) is 4.55. The van der Waals surface area contributed by atoms with E-state index in [0.29, 0.717) is 17.2 Å². The summed E-state index contributed by atoms with van der Waals surface area (Å²) in [6.45, 7) is 3.58. The zero-order chi connectivity index (χ0) is 17.8. The Bertz CT molecular complexity index is 910. The number of carbonyl (C=O) groups is 1. The van der Waals surface area contributed by atoms with Gasteiger partial charge in [0.05, 0.1) is 0 Å². The van der Waals surface area contributed by atoms with Crippen LogP contribution in [0, 0.1) is 6.92 Å². The van der Waals surface area contributed by atoms with Gasteiger partial charge in [-0.1, -0.05) is 15.9 Å². The summed E-state index contributed by atoms with van der Waals surface area (Å²) in [5.41, 5.74) is 3.63. The highest BCUT2D eigenvalue weighted by atomic mass is 79.9. The van der Waals surface area contributed by atoms with Crippen LogP contribution < -0.4 is 10.6 Å². The van der Waals surface area contributed by atoms with Crippen LogP contribution in [0.15, 0.2) is 59.3 Å². The fourth-order valence-corrected chi connectivity index (χ4v) is 2.55. The number of carbonyl (C=O) groups excluding carboxylic acids is 1. The molecule has 0 aliphatic carbocycles. The lowest BCUT2D eigenvalue weighted by Crippen LogP contribution is -1.99. The monoisotopic (exact) mass is 396 g/mol. The first kappa shape index (κ1) is 17.1. The number of anilines is 4. The number of rotatable bonds is 5. The number of Topliss-reactive ketones (excluding diaryl/α,β-unsaturated/α-hetero) is 1. The number of nitrogens with zero attached hydrogens (tertiary/aromatic N) is 2. The van der Waals surface area contributed by atoms with Gasteiger partial charge in [0.1, 0.15) is 18.0 Å². The third-order valence-electron chi connectivity index (χ3n) is 3.66. The number of benzene rings is 2. The van der Waals surface area contributed by atoms with Crippen LogP contribution in [0.3, 0.4) is 0 Å². The highest BCUT2D eigenvalue weighted by molar-refractivity contribution is 9.10. The summed E-state index contributed by atoms with van der Waals surface area (Å²) < 4.78 is 1.07. The van der Waals surface area contributed by atoms with E-state index in [9.17, 15) is 4.79 Å². The molecule has 0 aliphatic rings. The number of hydrogen-bond acceptors (Lipinski definition) is 5. The Morgan fingerprint density at radius 3 is 2.12 bits per heavy atom. The summed E-state index contributed by atoms with van der Waals surface area (Å²) in [5.74, 6) is 1.41. The van der Waals surface area contributed by atoms with Crippen molar-refractivity contribution in [1.29, 1.82) is 0 Å². The average molecular weight is 397 g/mol. The van der Waals surface area contributed by atoms with E-state index < -0.39 is 0 Å². The van der Waals surface area contributed by atoms with Gasteiger partial charge in [0.15, 0.2) is 5.78 Å². The molecule has 2 N–H and O–H groups in total. The Labute approximate surface area is 154 Å². The van der Waals surface area contributed by atoms with Crippen molar-refractivity contribution in [2.24, 2.45) is 0 Å². The van der Waals surface area contributed by atoms with Gasteiger partial charge in [-0.3, -0.25) is 4.79 Å². The van der Waals surface area contributed by atoms with E-state index in [1.165, 1.54) is 6.33 Å². The standard InChI is InChI=1S/C19H17BrN4O/c1-12-9-16(7-8-17(12)20)24-19-10-18(21-11-22-19)23-15-5-3-14(4-6-15)13(2)25/h3-11H,1-2H3,(H2,21,22,23,24). The first-order valence-corrected chi connectivity index (χ1v) is 8.54. The van der Waals surface area contributed by atoms with Crippen LogP contribution in [0.4, 0.5) is 23.0 Å². The van der Waals surface area contributed by atoms with E-state index in [0.717, 1.165) is 21.4 Å². The second-order valence-corrected chi connectivity index (χ2v) is 6.49. The number of ketones is 1. The van der Waals surface area contributed by atoms with Crippen LogP contribution >= 0.6 is 15.9 Å². The minimum absolute atomic E-state index is 0.0462. The average Bonchev–Trinajstić information content (AvgIpc) is 2.59. The maximum absolute atomic E-state index is 11.3. The smallest absolute Gasteiger partial charge is 0.159 e. The van der Waals surface area contributed by atoms with Crippen molar-refractivity contribution in [2.45, 2.75) is 13.8 Å². The fourth-order valence-electron chi connectivity index (χ4n) is 2.30. The lowest BCUT2D eigenvalue weighted by atomic mass is 10.1. The molecule has 3 rings (SSSR count). The lowest BCUT2D eigenvalue weighted by Gasteiger charge is -2.10. The van der Waals surface area contributed by atoms with Gasteiger partial charge in [-0.25, -0.2) is 9.97 Å². The SMILES string of the molecule is CC(=O)c1ccc(Nc2cc(Nc3ccc(Br)c(C)c3)ncn2)cc1. The van der Waals surface area contributed by atoms with E-state index >= 15 is 0 Å². The zero-order valence-corrected chi connectivity index (χ0v) is 15.5. The molecule has 1 heterocycles. The third kappa shape index (κ3) is 4.42. The topological polar surface area (TPSA) is 66.9 Å². The predicted octanol–water partition coefficient (Wildman–Crippen LogP) is 5.24. The second-order valence-electron chi connectivity index (χ2n) is 5.64. The van der Waals surface area contributed by atoms with Crippen LogP contribution in [0.25, 0.3) is 0 Å². The van der Waals surface area contributed by atoms with Crippen LogP contribution in [0.1, 0.15) is 22.8 Å². The molecule has 0 spiro atoms. The van der Waals surface area contributed by atoms with Crippen LogP contribution in [0.5, 0.6) is 0 Å². The normalized spacial score (nSPS) is 10.4. The molecule has 0 fully saturated rings. The molecular formula is C19H17BrN4O. The fraction of sp³-hybridized carbons (Fsp3) is 0.105. The Balaban J connectivity index is 1.74. The minimum Gasteiger partial charge on any atom is -0.340 e. The molecule has 0 saturated heterocycles. The van der Waals surface area contributed by atoms with Crippen molar-refractivity contribution >= 4 is 44.7 Å². The highest BCUT2D eigenvalue weighted by Crippen LogP contribution is 2.23. The molecule has 0 radical (unpaired) electrons. The predicted molar refractivity (Wildman–Crippen MR) is 104 cm³/mol. The molecule has 126 valence electrons. The van der Waals surface area contributed by atoms with E-state index in [1.807, 2.05) is 43.3 Å². The van der Waals surface area contributed by atoms with Gasteiger partial charge in [0.25, 0.3) is 0 Å². The second kappa shape index (κ2) is 7.44. The van der Waals surface area contributed by atoms with Crippen LogP contribution in [-0.4, -0.2) is 15.8 Å². The summed E-state index contributed by atoms with van der Waals surface area (Å²) in [6, 6.07) is 15.1. The van der Waals surface area contributed by atoms with E-state index in [-0.39, 0.29) is 5.78 Å². The first-order chi connectivity index (χ1) is 12.0. The van der Waals surface area contributed by atoms with Crippen molar-refractivity contribution in [1.82, 2.24) is 9.97 Å². The first-order valence-electron chi connectivity index (χ1n) is 7.74. The lowest BCUT2D eigenvalue weighted by molar-refractivity contribution is 0.101. The van der Waals surface area contributed by atoms with Gasteiger partial charge in [-0.2, -0.15) is 0 Å². The molecule has 1 aromatic heterocycles. The molecule has 2 aromatic carbocycles. The summed E-state index contributed by atoms with van der Waals surface area (Å²) in [6.07, 6.45) is 1.50. The summed E-state index contributed by atoms with van der Waals surface area (Å²) in [5, 5.41) is 6.47. The maximum atomic E-state index is 11.3. The van der Waals surface area contributed by atoms with E-state index in [2.05, 4.69) is 36.5 Å². The summed E-state index contributed by atoms with van der Waals surface area (Å²) >= 11 is 3.49. The number of hydrogen-bond donors (Lipinski definition) is 2. The molecule has 6 heteroatoms. The highest BCUT2D eigenvalue weighted by Gasteiger charge is 2.03. The van der Waals surface area contributed by atoms with Gasteiger partial charge >= 0.3 is 0 Å². The van der Waals surface area contributed by atoms with Crippen LogP contribution in [0.2, 0.25) is 0 Å². The van der Waals surface area contributed by atoms with Gasteiger partial charge in [0, 0.05) is 27.5 Å². The molecule has 0 unspecified atom stereocenters. The summed E-state index contributed by atoms with van der Waals surface area (Å²) in [4.78, 5) is 19.8. The molecule has 5 nitrogen and oxygen atoms in total. The quantitative estimate of drug-likeness (QED) is 0.577. The Hall–Kier alpha value is -2.73. The number of halogens is 1. The van der Waals surface area contributed by atoms with Crippen molar-refractivity contribution in [2.75, 3.05) is 10.6 Å². The van der Waals surface area contributed by atoms with Gasteiger partial charge in [-0.05, 0) is 61.9 Å². The van der Waals surface area contributed by atoms with Crippen molar-refractivity contribution in [3.63, 3.8) is 0 Å². The molecule has 25 heavy (non-hydrogen) atoms. The van der Waals surface area contributed by atoms with Gasteiger partial charge < -0.3 is 10.6 Å². The summed E-state index contributed by atoms with van der Waals surface area (Å²) in [7, 11) is 0. The molecule has 0 amide bonds. The minimum atomic E-state index is 0.0462. The van der Waals surface area contributed by atoms with E-state index in [4.69, 9.17) is 0 Å². The Morgan fingerprint density at radius 2 is 1.52 bits per heavy atom.